The quantitative estimate of drug-likeness (QED) is 0.723. The highest BCUT2D eigenvalue weighted by Crippen LogP contribution is 2.26. The minimum atomic E-state index is 0.428. The molecular weight excluding hydrogens is 216 g/mol. The van der Waals surface area contributed by atoms with E-state index in [0.717, 1.165) is 16.4 Å². The van der Waals surface area contributed by atoms with E-state index in [-0.39, 0.29) is 0 Å². The maximum absolute atomic E-state index is 5.89. The van der Waals surface area contributed by atoms with Crippen LogP contribution in [0.25, 0.3) is 21.9 Å². The molecule has 3 aromatic rings. The Morgan fingerprint density at radius 2 is 2.18 bits per heavy atom. The standard InChI is InChI=1S/C12H12N4O/c1-2-17-16-7-14-10-11(16)8-5-3-4-6-9(8)15-12(10)13/h3-7H,2H2,1H3,(H2,13,15). The summed E-state index contributed by atoms with van der Waals surface area (Å²) in [7, 11) is 0. The van der Waals surface area contributed by atoms with E-state index in [1.54, 1.807) is 11.1 Å². The number of anilines is 1. The molecule has 0 radical (unpaired) electrons. The monoisotopic (exact) mass is 228 g/mol. The van der Waals surface area contributed by atoms with Gasteiger partial charge in [0.25, 0.3) is 0 Å². The Morgan fingerprint density at radius 1 is 1.35 bits per heavy atom. The molecule has 1 aromatic carbocycles. The van der Waals surface area contributed by atoms with Gasteiger partial charge in [-0.2, -0.15) is 4.73 Å². The Kier molecular flexibility index (Phi) is 2.11. The van der Waals surface area contributed by atoms with E-state index in [1.165, 1.54) is 0 Å². The third kappa shape index (κ3) is 1.39. The SMILES string of the molecule is CCOn1cnc2c(N)nc3ccccc3c21. The van der Waals surface area contributed by atoms with Crippen molar-refractivity contribution in [2.24, 2.45) is 0 Å². The van der Waals surface area contributed by atoms with Gasteiger partial charge in [-0.3, -0.25) is 0 Å². The van der Waals surface area contributed by atoms with Gasteiger partial charge in [0.15, 0.2) is 5.82 Å². The number of fused-ring (bicyclic) bond motifs is 3. The Bertz CT molecular complexity index is 689. The van der Waals surface area contributed by atoms with Crippen LogP contribution in [0.3, 0.4) is 0 Å². The van der Waals surface area contributed by atoms with E-state index in [4.69, 9.17) is 10.6 Å². The minimum Gasteiger partial charge on any atom is -0.413 e. The molecule has 0 unspecified atom stereocenters. The number of nitrogen functional groups attached to an aromatic ring is 1. The lowest BCUT2D eigenvalue weighted by molar-refractivity contribution is 0.131. The molecule has 0 aliphatic rings. The number of pyridine rings is 1. The number of imidazole rings is 1. The largest absolute Gasteiger partial charge is 0.413 e. The third-order valence-electron chi connectivity index (χ3n) is 2.65. The van der Waals surface area contributed by atoms with Gasteiger partial charge in [0.1, 0.15) is 24.0 Å². The highest BCUT2D eigenvalue weighted by Gasteiger charge is 2.12. The summed E-state index contributed by atoms with van der Waals surface area (Å²) in [4.78, 5) is 14.1. The second-order valence-electron chi connectivity index (χ2n) is 3.70. The first-order chi connectivity index (χ1) is 8.31. The van der Waals surface area contributed by atoms with Gasteiger partial charge in [-0.25, -0.2) is 9.97 Å². The normalized spacial score (nSPS) is 11.1. The molecule has 0 saturated carbocycles. The molecule has 2 N–H and O–H groups in total. The molecule has 2 aromatic heterocycles. The van der Waals surface area contributed by atoms with Gasteiger partial charge in [-0.1, -0.05) is 18.2 Å². The summed E-state index contributed by atoms with van der Waals surface area (Å²) in [6, 6.07) is 7.81. The van der Waals surface area contributed by atoms with E-state index in [2.05, 4.69) is 9.97 Å². The fourth-order valence-corrected chi connectivity index (χ4v) is 1.96. The van der Waals surface area contributed by atoms with Crippen LogP contribution in [-0.4, -0.2) is 21.3 Å². The lowest BCUT2D eigenvalue weighted by Gasteiger charge is -2.07. The smallest absolute Gasteiger partial charge is 0.152 e. The third-order valence-corrected chi connectivity index (χ3v) is 2.65. The van der Waals surface area contributed by atoms with Crippen molar-refractivity contribution in [2.45, 2.75) is 6.92 Å². The number of para-hydroxylation sites is 1. The maximum Gasteiger partial charge on any atom is 0.152 e. The number of rotatable bonds is 2. The zero-order chi connectivity index (χ0) is 11.8. The second kappa shape index (κ2) is 3.62. The predicted molar refractivity (Wildman–Crippen MR) is 66.6 cm³/mol. The average Bonchev–Trinajstić information content (AvgIpc) is 2.75. The highest BCUT2D eigenvalue weighted by atomic mass is 16.7. The topological polar surface area (TPSA) is 66.0 Å². The molecule has 0 atom stereocenters. The van der Waals surface area contributed by atoms with Crippen molar-refractivity contribution in [3.63, 3.8) is 0 Å². The van der Waals surface area contributed by atoms with Crippen LogP contribution < -0.4 is 10.6 Å². The molecule has 0 spiro atoms. The van der Waals surface area contributed by atoms with Crippen LogP contribution >= 0.6 is 0 Å². The molecule has 5 heteroatoms. The first-order valence-corrected chi connectivity index (χ1v) is 5.46. The van der Waals surface area contributed by atoms with Crippen LogP contribution in [0.1, 0.15) is 6.92 Å². The average molecular weight is 228 g/mol. The van der Waals surface area contributed by atoms with E-state index < -0.39 is 0 Å². The van der Waals surface area contributed by atoms with Gasteiger partial charge in [-0.05, 0) is 13.0 Å². The molecule has 0 saturated heterocycles. The fourth-order valence-electron chi connectivity index (χ4n) is 1.96. The second-order valence-corrected chi connectivity index (χ2v) is 3.70. The van der Waals surface area contributed by atoms with Crippen LogP contribution in [0.15, 0.2) is 30.6 Å². The molecule has 0 bridgehead atoms. The lowest BCUT2D eigenvalue weighted by Crippen LogP contribution is -2.09. The highest BCUT2D eigenvalue weighted by molar-refractivity contribution is 6.06. The van der Waals surface area contributed by atoms with E-state index >= 15 is 0 Å². The van der Waals surface area contributed by atoms with E-state index in [0.29, 0.717) is 17.9 Å². The molecule has 86 valence electrons. The van der Waals surface area contributed by atoms with Crippen molar-refractivity contribution in [2.75, 3.05) is 12.3 Å². The van der Waals surface area contributed by atoms with Gasteiger partial charge in [0.05, 0.1) is 5.52 Å². The molecule has 0 aliphatic carbocycles. The van der Waals surface area contributed by atoms with Crippen LogP contribution in [0.2, 0.25) is 0 Å². The van der Waals surface area contributed by atoms with Crippen molar-refractivity contribution >= 4 is 27.8 Å². The molecular formula is C12H12N4O. The number of benzene rings is 1. The summed E-state index contributed by atoms with van der Waals surface area (Å²) in [6.45, 7) is 2.50. The van der Waals surface area contributed by atoms with E-state index in [1.807, 2.05) is 31.2 Å². The van der Waals surface area contributed by atoms with Gasteiger partial charge < -0.3 is 10.6 Å². The van der Waals surface area contributed by atoms with Crippen molar-refractivity contribution in [3.8, 4) is 0 Å². The van der Waals surface area contributed by atoms with Gasteiger partial charge in [0, 0.05) is 5.39 Å². The molecule has 5 nitrogen and oxygen atoms in total. The summed E-state index contributed by atoms with van der Waals surface area (Å²) in [6.07, 6.45) is 1.62. The van der Waals surface area contributed by atoms with Gasteiger partial charge in [-0.15, -0.1) is 0 Å². The summed E-state index contributed by atoms with van der Waals surface area (Å²) in [5.74, 6) is 0.428. The van der Waals surface area contributed by atoms with Crippen molar-refractivity contribution < 1.29 is 4.84 Å². The maximum atomic E-state index is 5.89. The molecule has 0 amide bonds. The lowest BCUT2D eigenvalue weighted by atomic mass is 10.2. The number of hydrogen-bond acceptors (Lipinski definition) is 4. The van der Waals surface area contributed by atoms with Crippen LogP contribution in [0, 0.1) is 0 Å². The summed E-state index contributed by atoms with van der Waals surface area (Å²) in [5.41, 5.74) is 8.28. The fraction of sp³-hybridized carbons (Fsp3) is 0.167. The Morgan fingerprint density at radius 3 is 3.00 bits per heavy atom. The molecule has 0 fully saturated rings. The first-order valence-electron chi connectivity index (χ1n) is 5.46. The number of aromatic nitrogens is 3. The van der Waals surface area contributed by atoms with E-state index in [9.17, 15) is 0 Å². The zero-order valence-corrected chi connectivity index (χ0v) is 9.42. The van der Waals surface area contributed by atoms with Crippen LogP contribution in [0.4, 0.5) is 5.82 Å². The Hall–Kier alpha value is -2.30. The Balaban J connectivity index is 2.47. The van der Waals surface area contributed by atoms with Crippen molar-refractivity contribution in [1.82, 2.24) is 14.7 Å². The van der Waals surface area contributed by atoms with Crippen molar-refractivity contribution in [3.05, 3.63) is 30.6 Å². The van der Waals surface area contributed by atoms with Gasteiger partial charge in [0.2, 0.25) is 0 Å². The van der Waals surface area contributed by atoms with Gasteiger partial charge >= 0.3 is 0 Å². The summed E-state index contributed by atoms with van der Waals surface area (Å²) >= 11 is 0. The Labute approximate surface area is 97.8 Å². The number of nitrogens with two attached hydrogens (primary N) is 1. The molecule has 3 rings (SSSR count). The molecule has 17 heavy (non-hydrogen) atoms. The predicted octanol–water partition coefficient (Wildman–Crippen LogP) is 1.62. The minimum absolute atomic E-state index is 0.428. The first kappa shape index (κ1) is 9.89. The van der Waals surface area contributed by atoms with Crippen LogP contribution in [0.5, 0.6) is 0 Å². The number of hydrogen-bond donors (Lipinski definition) is 1. The summed E-state index contributed by atoms with van der Waals surface area (Å²) in [5, 5.41) is 0.989. The van der Waals surface area contributed by atoms with Crippen molar-refractivity contribution in [1.29, 1.82) is 0 Å². The van der Waals surface area contributed by atoms with Crippen LogP contribution in [-0.2, 0) is 0 Å². The molecule has 0 aliphatic heterocycles. The summed E-state index contributed by atoms with van der Waals surface area (Å²) < 4.78 is 1.65. The zero-order valence-electron chi connectivity index (χ0n) is 9.42. The molecule has 2 heterocycles. The number of nitrogens with zero attached hydrogens (tertiary/aromatic N) is 3.